The molecule has 6 aromatic rings. The number of hydrogen-bond donors (Lipinski definition) is 0. The predicted molar refractivity (Wildman–Crippen MR) is 222 cm³/mol. The number of aryl methyl sites for hydroxylation is 1. The Morgan fingerprint density at radius 1 is 0.830 bits per heavy atom. The van der Waals surface area contributed by atoms with E-state index in [9.17, 15) is 0 Å². The van der Waals surface area contributed by atoms with E-state index in [1.165, 1.54) is 58.1 Å². The van der Waals surface area contributed by atoms with Crippen molar-refractivity contribution in [1.29, 1.82) is 0 Å². The third-order valence-corrected chi connectivity index (χ3v) is 11.4. The summed E-state index contributed by atoms with van der Waals surface area (Å²) in [6.45, 7) is 20.6. The summed E-state index contributed by atoms with van der Waals surface area (Å²) in [5, 5.41) is 7.81. The van der Waals surface area contributed by atoms with E-state index in [-0.39, 0.29) is 5.41 Å². The standard InChI is InChI=1S/C48H58N4O/c1-10-33-17-16-18-34(11-2)46(33)47-41(12-3)50-52(42(47)13-4)36-27-35(48(7,8)9)28-38(29-36)53-37-21-22-40-39-19-14-15-20-43(39)51(44(40)30-37)45-26-32(23-24-49-45)25-31(5)6/h14-15,17,19-24,26-31,34,46H,10-13,16,18,25H2,1-9H3/t34-,46-/m0/s1. The lowest BCUT2D eigenvalue weighted by atomic mass is 9.71. The maximum atomic E-state index is 6.89. The number of para-hydroxylation sites is 1. The van der Waals surface area contributed by atoms with E-state index in [0.717, 1.165) is 59.7 Å². The molecule has 276 valence electrons. The third kappa shape index (κ3) is 7.07. The fourth-order valence-corrected chi connectivity index (χ4v) is 8.77. The maximum absolute atomic E-state index is 6.89. The van der Waals surface area contributed by atoms with Crippen LogP contribution in [0.3, 0.4) is 0 Å². The number of hydrogen-bond acceptors (Lipinski definition) is 3. The minimum absolute atomic E-state index is 0.0814. The van der Waals surface area contributed by atoms with Crippen molar-refractivity contribution >= 4 is 21.8 Å². The normalized spacial score (nSPS) is 16.5. The number of rotatable bonds is 11. The Balaban J connectivity index is 1.35. The molecule has 0 bridgehead atoms. The zero-order chi connectivity index (χ0) is 37.4. The van der Waals surface area contributed by atoms with Crippen molar-refractivity contribution in [1.82, 2.24) is 19.3 Å². The molecule has 3 aromatic carbocycles. The largest absolute Gasteiger partial charge is 0.457 e. The van der Waals surface area contributed by atoms with Gasteiger partial charge in [-0.3, -0.25) is 4.57 Å². The van der Waals surface area contributed by atoms with Crippen LogP contribution in [0.25, 0.3) is 33.3 Å². The molecule has 3 heterocycles. The first-order valence-electron chi connectivity index (χ1n) is 20.2. The fourth-order valence-electron chi connectivity index (χ4n) is 8.77. The van der Waals surface area contributed by atoms with Crippen LogP contribution in [-0.2, 0) is 24.7 Å². The molecule has 0 aliphatic heterocycles. The van der Waals surface area contributed by atoms with Gasteiger partial charge in [0.05, 0.1) is 22.4 Å². The average Bonchev–Trinajstić information content (AvgIpc) is 3.69. The molecule has 0 amide bonds. The van der Waals surface area contributed by atoms with Gasteiger partial charge in [0.2, 0.25) is 0 Å². The van der Waals surface area contributed by atoms with Crippen molar-refractivity contribution in [2.24, 2.45) is 11.8 Å². The molecule has 0 unspecified atom stereocenters. The maximum Gasteiger partial charge on any atom is 0.137 e. The summed E-state index contributed by atoms with van der Waals surface area (Å²) in [7, 11) is 0. The van der Waals surface area contributed by atoms with E-state index >= 15 is 0 Å². The molecule has 3 aromatic heterocycles. The Labute approximate surface area is 317 Å². The number of pyridine rings is 1. The van der Waals surface area contributed by atoms with E-state index in [4.69, 9.17) is 14.8 Å². The summed E-state index contributed by atoms with van der Waals surface area (Å²) in [5.74, 6) is 4.22. The van der Waals surface area contributed by atoms with Crippen LogP contribution in [0.15, 0.2) is 90.6 Å². The first kappa shape index (κ1) is 36.7. The van der Waals surface area contributed by atoms with Gasteiger partial charge in [-0.05, 0) is 109 Å². The molecule has 7 rings (SSSR count). The minimum Gasteiger partial charge on any atom is -0.457 e. The summed E-state index contributed by atoms with van der Waals surface area (Å²) in [6, 6.07) is 26.2. The highest BCUT2D eigenvalue weighted by molar-refractivity contribution is 6.09. The van der Waals surface area contributed by atoms with E-state index in [2.05, 4.69) is 150 Å². The van der Waals surface area contributed by atoms with E-state index in [0.29, 0.717) is 17.8 Å². The number of benzene rings is 3. The Bertz CT molecular complexity index is 2280. The topological polar surface area (TPSA) is 44.9 Å². The minimum atomic E-state index is -0.0814. The Kier molecular flexibility index (Phi) is 10.4. The van der Waals surface area contributed by atoms with Crippen LogP contribution in [0.2, 0.25) is 0 Å². The van der Waals surface area contributed by atoms with Crippen molar-refractivity contribution in [3.8, 4) is 23.0 Å². The lowest BCUT2D eigenvalue weighted by Gasteiger charge is -2.33. The summed E-state index contributed by atoms with van der Waals surface area (Å²) < 4.78 is 11.4. The van der Waals surface area contributed by atoms with E-state index in [1.54, 1.807) is 5.57 Å². The summed E-state index contributed by atoms with van der Waals surface area (Å²) in [4.78, 5) is 4.88. The first-order chi connectivity index (χ1) is 25.5. The molecule has 1 aliphatic rings. The molecule has 2 atom stereocenters. The molecule has 1 aliphatic carbocycles. The second-order valence-corrected chi connectivity index (χ2v) is 16.5. The average molecular weight is 707 g/mol. The SMILES string of the molecule is CCC1=CCC[C@H](CC)[C@H]1c1c(CC)nn(-c2cc(Oc3ccc4c5ccccc5n(-c5cc(CC(C)C)ccn5)c4c3)cc(C(C)(C)C)c2)c1CC. The Hall–Kier alpha value is -4.64. The molecule has 0 saturated heterocycles. The van der Waals surface area contributed by atoms with Gasteiger partial charge in [-0.25, -0.2) is 9.67 Å². The summed E-state index contributed by atoms with van der Waals surface area (Å²) in [6.07, 6.45) is 12.1. The number of aromatic nitrogens is 4. The van der Waals surface area contributed by atoms with Gasteiger partial charge in [0.1, 0.15) is 17.3 Å². The van der Waals surface area contributed by atoms with Crippen LogP contribution in [-0.4, -0.2) is 19.3 Å². The van der Waals surface area contributed by atoms with Crippen molar-refractivity contribution < 1.29 is 4.74 Å². The number of allylic oxidation sites excluding steroid dienone is 2. The van der Waals surface area contributed by atoms with Gasteiger partial charge >= 0.3 is 0 Å². The highest BCUT2D eigenvalue weighted by Gasteiger charge is 2.33. The lowest BCUT2D eigenvalue weighted by molar-refractivity contribution is 0.392. The zero-order valence-corrected chi connectivity index (χ0v) is 33.5. The Morgan fingerprint density at radius 2 is 1.62 bits per heavy atom. The smallest absolute Gasteiger partial charge is 0.137 e. The van der Waals surface area contributed by atoms with Gasteiger partial charge in [0.15, 0.2) is 0 Å². The lowest BCUT2D eigenvalue weighted by Crippen LogP contribution is -2.20. The third-order valence-electron chi connectivity index (χ3n) is 11.4. The second-order valence-electron chi connectivity index (χ2n) is 16.5. The fraction of sp³-hybridized carbons (Fsp3) is 0.417. The number of nitrogens with zero attached hydrogens (tertiary/aromatic N) is 4. The van der Waals surface area contributed by atoms with Crippen molar-refractivity contribution in [2.75, 3.05) is 0 Å². The quantitative estimate of drug-likeness (QED) is 0.126. The summed E-state index contributed by atoms with van der Waals surface area (Å²) in [5.41, 5.74) is 11.4. The molecular weight excluding hydrogens is 649 g/mol. The van der Waals surface area contributed by atoms with Crippen LogP contribution >= 0.6 is 0 Å². The van der Waals surface area contributed by atoms with Crippen LogP contribution in [0.5, 0.6) is 11.5 Å². The number of ether oxygens (including phenoxy) is 1. The molecule has 0 fully saturated rings. The molecule has 5 heteroatoms. The molecular formula is C48H58N4O. The zero-order valence-electron chi connectivity index (χ0n) is 33.5. The van der Waals surface area contributed by atoms with Crippen LogP contribution < -0.4 is 4.74 Å². The number of fused-ring (bicyclic) bond motifs is 3. The van der Waals surface area contributed by atoms with Crippen molar-refractivity contribution in [2.45, 2.75) is 119 Å². The second kappa shape index (κ2) is 15.0. The van der Waals surface area contributed by atoms with E-state index < -0.39 is 0 Å². The summed E-state index contributed by atoms with van der Waals surface area (Å²) >= 11 is 0. The van der Waals surface area contributed by atoms with E-state index in [1.807, 2.05) is 6.20 Å². The van der Waals surface area contributed by atoms with Crippen molar-refractivity contribution in [3.63, 3.8) is 0 Å². The Morgan fingerprint density at radius 3 is 2.34 bits per heavy atom. The van der Waals surface area contributed by atoms with Crippen LogP contribution in [0.4, 0.5) is 0 Å². The van der Waals surface area contributed by atoms with Crippen LogP contribution in [0, 0.1) is 11.8 Å². The molecule has 0 saturated carbocycles. The first-order valence-corrected chi connectivity index (χ1v) is 20.2. The monoisotopic (exact) mass is 706 g/mol. The van der Waals surface area contributed by atoms with Crippen LogP contribution in [0.1, 0.15) is 122 Å². The molecule has 0 spiro atoms. The van der Waals surface area contributed by atoms with Gasteiger partial charge in [-0.1, -0.05) is 98.6 Å². The van der Waals surface area contributed by atoms with Gasteiger partial charge in [-0.15, -0.1) is 0 Å². The van der Waals surface area contributed by atoms with Gasteiger partial charge in [-0.2, -0.15) is 5.10 Å². The molecule has 0 N–H and O–H groups in total. The molecule has 5 nitrogen and oxygen atoms in total. The predicted octanol–water partition coefficient (Wildman–Crippen LogP) is 13.0. The van der Waals surface area contributed by atoms with Gasteiger partial charge in [0.25, 0.3) is 0 Å². The van der Waals surface area contributed by atoms with Gasteiger partial charge in [0, 0.05) is 46.3 Å². The molecule has 0 radical (unpaired) electrons. The highest BCUT2D eigenvalue weighted by atomic mass is 16.5. The highest BCUT2D eigenvalue weighted by Crippen LogP contribution is 2.45. The van der Waals surface area contributed by atoms with Crippen molar-refractivity contribution in [3.05, 3.63) is 119 Å². The van der Waals surface area contributed by atoms with Gasteiger partial charge < -0.3 is 4.74 Å². The molecule has 53 heavy (non-hydrogen) atoms.